The van der Waals surface area contributed by atoms with E-state index in [-0.39, 0.29) is 17.0 Å². The van der Waals surface area contributed by atoms with Gasteiger partial charge in [-0.3, -0.25) is 9.59 Å². The van der Waals surface area contributed by atoms with Crippen LogP contribution in [0.2, 0.25) is 5.02 Å². The molecule has 0 saturated heterocycles. The molecule has 2 N–H and O–H groups in total. The van der Waals surface area contributed by atoms with Crippen LogP contribution in [0.25, 0.3) is 0 Å². The van der Waals surface area contributed by atoms with Crippen molar-refractivity contribution in [3.63, 3.8) is 0 Å². The van der Waals surface area contributed by atoms with Gasteiger partial charge in [-0.1, -0.05) is 23.7 Å². The van der Waals surface area contributed by atoms with Gasteiger partial charge < -0.3 is 24.8 Å². The molecule has 2 aliphatic carbocycles. The van der Waals surface area contributed by atoms with Crippen LogP contribution in [0.3, 0.4) is 0 Å². The Labute approximate surface area is 252 Å². The predicted octanol–water partition coefficient (Wildman–Crippen LogP) is 5.58. The van der Waals surface area contributed by atoms with E-state index in [0.29, 0.717) is 63.9 Å². The van der Waals surface area contributed by atoms with Crippen molar-refractivity contribution in [1.29, 1.82) is 0 Å². The highest BCUT2D eigenvalue weighted by Gasteiger charge is 2.48. The number of methoxy groups -OCH3 is 1. The maximum atomic E-state index is 13.3. The van der Waals surface area contributed by atoms with E-state index in [1.807, 2.05) is 29.9 Å². The van der Waals surface area contributed by atoms with Crippen LogP contribution in [-0.2, 0) is 19.9 Å². The lowest BCUT2D eigenvalue weighted by atomic mass is 10.00. The second-order valence-electron chi connectivity index (χ2n) is 10.8. The number of benzene rings is 1. The number of halogens is 1. The number of esters is 1. The molecule has 2 aliphatic rings. The molecule has 0 bridgehead atoms. The summed E-state index contributed by atoms with van der Waals surface area (Å²) in [5.74, 6) is 0.446. The van der Waals surface area contributed by atoms with E-state index >= 15 is 0 Å². The van der Waals surface area contributed by atoms with Crippen LogP contribution in [-0.4, -0.2) is 61.0 Å². The van der Waals surface area contributed by atoms with Crippen molar-refractivity contribution in [2.45, 2.75) is 49.9 Å². The van der Waals surface area contributed by atoms with Gasteiger partial charge in [-0.2, -0.15) is 0 Å². The van der Waals surface area contributed by atoms with Crippen molar-refractivity contribution in [3.8, 4) is 5.75 Å². The largest absolute Gasteiger partial charge is 0.496 e. The smallest absolute Gasteiger partial charge is 0.349 e. The molecule has 41 heavy (non-hydrogen) atoms. The number of hydrogen-bond acceptors (Lipinski definition) is 9. The Hall–Kier alpha value is -2.76. The molecule has 2 aromatic heterocycles. The van der Waals surface area contributed by atoms with Crippen LogP contribution >= 0.6 is 34.3 Å². The van der Waals surface area contributed by atoms with Crippen molar-refractivity contribution >= 4 is 58.1 Å². The van der Waals surface area contributed by atoms with E-state index in [1.54, 1.807) is 18.2 Å². The van der Waals surface area contributed by atoms with Gasteiger partial charge in [-0.15, -0.1) is 22.7 Å². The zero-order valence-electron chi connectivity index (χ0n) is 22.9. The van der Waals surface area contributed by atoms with Gasteiger partial charge in [0.1, 0.15) is 11.9 Å². The van der Waals surface area contributed by atoms with Gasteiger partial charge in [0.2, 0.25) is 11.5 Å². The van der Waals surface area contributed by atoms with E-state index in [2.05, 4.69) is 10.2 Å². The molecule has 218 valence electrons. The standard InChI is InChI=1S/C30H33ClN2O6S2/c1-33(8-7-28(35)32-24-16-25(38-2)20(17-34)15-23(24)31)21-11-18-13-22(14-19(18)12-21)39-29(36)30(37,26-5-3-9-40-26)27-6-4-10-41-27/h3-6,9-10,15-19,21-22,37H,7-8,11-14H2,1-2H3,(H,32,35)/t18-,19+,21+,22-. The first kappa shape index (κ1) is 29.7. The van der Waals surface area contributed by atoms with Crippen LogP contribution in [0.4, 0.5) is 5.69 Å². The average Bonchev–Trinajstić information content (AvgIpc) is 3.77. The fourth-order valence-electron chi connectivity index (χ4n) is 6.12. The first-order valence-electron chi connectivity index (χ1n) is 13.6. The molecule has 0 spiro atoms. The highest BCUT2D eigenvalue weighted by molar-refractivity contribution is 7.12. The molecule has 3 aromatic rings. The van der Waals surface area contributed by atoms with E-state index in [9.17, 15) is 19.5 Å². The number of anilines is 1. The second-order valence-corrected chi connectivity index (χ2v) is 13.1. The number of rotatable bonds is 11. The zero-order valence-corrected chi connectivity index (χ0v) is 25.3. The number of carbonyl (C=O) groups excluding carboxylic acids is 3. The number of aldehydes is 1. The zero-order chi connectivity index (χ0) is 29.1. The van der Waals surface area contributed by atoms with Gasteiger partial charge in [0.25, 0.3) is 0 Å². The third-order valence-electron chi connectivity index (χ3n) is 8.31. The molecular weight excluding hydrogens is 584 g/mol. The highest BCUT2D eigenvalue weighted by atomic mass is 35.5. The monoisotopic (exact) mass is 616 g/mol. The minimum Gasteiger partial charge on any atom is -0.496 e. The molecule has 0 aliphatic heterocycles. The molecule has 0 unspecified atom stereocenters. The Kier molecular flexibility index (Phi) is 9.15. The maximum absolute atomic E-state index is 13.3. The SMILES string of the molecule is COc1cc(NC(=O)CCN(C)[C@@H]2C[C@H]3C[C@H](OC(=O)C(O)(c4cccs4)c4cccs4)C[C@H]3C2)c(Cl)cc1C=O. The molecule has 11 heteroatoms. The Morgan fingerprint density at radius 3 is 2.29 bits per heavy atom. The highest BCUT2D eigenvalue weighted by Crippen LogP contribution is 2.47. The Bertz CT molecular complexity index is 1330. The second kappa shape index (κ2) is 12.6. The summed E-state index contributed by atoms with van der Waals surface area (Å²) in [5.41, 5.74) is -1.06. The first-order chi connectivity index (χ1) is 19.7. The van der Waals surface area contributed by atoms with Crippen LogP contribution in [0.1, 0.15) is 52.2 Å². The van der Waals surface area contributed by atoms with Crippen molar-refractivity contribution in [1.82, 2.24) is 4.90 Å². The lowest BCUT2D eigenvalue weighted by molar-refractivity contribution is -0.167. The summed E-state index contributed by atoms with van der Waals surface area (Å²) in [6.07, 6.45) is 4.26. The van der Waals surface area contributed by atoms with Gasteiger partial charge >= 0.3 is 5.97 Å². The number of ether oxygens (including phenoxy) is 2. The first-order valence-corrected chi connectivity index (χ1v) is 15.7. The summed E-state index contributed by atoms with van der Waals surface area (Å²) in [6.45, 7) is 0.587. The molecule has 1 amide bonds. The van der Waals surface area contributed by atoms with Crippen molar-refractivity contribution in [2.75, 3.05) is 26.0 Å². The van der Waals surface area contributed by atoms with Gasteiger partial charge in [0.05, 0.1) is 33.1 Å². The fraction of sp³-hybridized carbons (Fsp3) is 0.433. The van der Waals surface area contributed by atoms with Gasteiger partial charge in [0.15, 0.2) is 6.29 Å². The summed E-state index contributed by atoms with van der Waals surface area (Å²) in [7, 11) is 3.49. The number of nitrogens with one attached hydrogen (secondary N) is 1. The van der Waals surface area contributed by atoms with Crippen LogP contribution in [0, 0.1) is 11.8 Å². The normalized spacial score (nSPS) is 22.0. The topological polar surface area (TPSA) is 105 Å². The Balaban J connectivity index is 1.11. The van der Waals surface area contributed by atoms with E-state index < -0.39 is 11.6 Å². The van der Waals surface area contributed by atoms with E-state index in [4.69, 9.17) is 21.1 Å². The number of carbonyl (C=O) groups is 3. The minimum atomic E-state index is -1.78. The molecule has 2 heterocycles. The quantitative estimate of drug-likeness (QED) is 0.214. The van der Waals surface area contributed by atoms with Gasteiger partial charge in [-0.25, -0.2) is 4.79 Å². The third-order valence-corrected chi connectivity index (χ3v) is 10.6. The molecule has 2 saturated carbocycles. The summed E-state index contributed by atoms with van der Waals surface area (Å²) in [6, 6.07) is 10.6. The maximum Gasteiger partial charge on any atom is 0.349 e. The molecule has 1 aromatic carbocycles. The van der Waals surface area contributed by atoms with E-state index in [1.165, 1.54) is 35.8 Å². The lowest BCUT2D eigenvalue weighted by Gasteiger charge is -2.27. The number of amides is 1. The number of fused-ring (bicyclic) bond motifs is 1. The number of nitrogens with zero attached hydrogens (tertiary/aromatic N) is 1. The summed E-state index contributed by atoms with van der Waals surface area (Å²) < 4.78 is 11.2. The Morgan fingerprint density at radius 2 is 1.76 bits per heavy atom. The van der Waals surface area contributed by atoms with Crippen LogP contribution in [0.5, 0.6) is 5.75 Å². The Morgan fingerprint density at radius 1 is 1.12 bits per heavy atom. The number of thiophene rings is 2. The molecule has 5 rings (SSSR count). The molecule has 2 fully saturated rings. The third kappa shape index (κ3) is 6.22. The summed E-state index contributed by atoms with van der Waals surface area (Å²) in [5, 5.41) is 18.3. The van der Waals surface area contributed by atoms with Crippen molar-refractivity contribution < 1.29 is 29.0 Å². The van der Waals surface area contributed by atoms with Crippen molar-refractivity contribution in [3.05, 3.63) is 67.5 Å². The molecule has 4 atom stereocenters. The van der Waals surface area contributed by atoms with Gasteiger partial charge in [-0.05, 0) is 73.5 Å². The molecule has 8 nitrogen and oxygen atoms in total. The van der Waals surface area contributed by atoms with Crippen molar-refractivity contribution in [2.24, 2.45) is 11.8 Å². The molecular formula is C30H33ClN2O6S2. The van der Waals surface area contributed by atoms with Crippen LogP contribution < -0.4 is 10.1 Å². The van der Waals surface area contributed by atoms with Gasteiger partial charge in [0, 0.05) is 25.1 Å². The molecule has 0 radical (unpaired) electrons. The van der Waals surface area contributed by atoms with Crippen LogP contribution in [0.15, 0.2) is 47.2 Å². The lowest BCUT2D eigenvalue weighted by Crippen LogP contribution is -2.39. The van der Waals surface area contributed by atoms with E-state index in [0.717, 1.165) is 25.7 Å². The summed E-state index contributed by atoms with van der Waals surface area (Å²) >= 11 is 8.92. The predicted molar refractivity (Wildman–Crippen MR) is 160 cm³/mol. The number of aliphatic hydroxyl groups is 1. The number of hydrogen-bond donors (Lipinski definition) is 2. The average molecular weight is 617 g/mol. The minimum absolute atomic E-state index is 0.172. The summed E-state index contributed by atoms with van der Waals surface area (Å²) in [4.78, 5) is 40.5. The fourth-order valence-corrected chi connectivity index (χ4v) is 8.05.